The fraction of sp³-hybridized carbons (Fsp3) is 0.200. The molecule has 0 radical (unpaired) electrons. The molecular formula is C10H12FN3S. The lowest BCUT2D eigenvalue weighted by atomic mass is 10.1. The minimum atomic E-state index is -0.248. The standard InChI is InChI=1S/C10H12FN3S/c1-7(13-14-10(12)15)5-8-3-2-4-9(11)6-8/h2-4,6H,5H2,1H3,(H3,12,14,15)/b13-7-. The first-order valence-electron chi connectivity index (χ1n) is 4.41. The number of thiocarbonyl (C=S) groups is 1. The quantitative estimate of drug-likeness (QED) is 0.466. The lowest BCUT2D eigenvalue weighted by Crippen LogP contribution is -2.25. The van der Waals surface area contributed by atoms with Gasteiger partial charge < -0.3 is 5.73 Å². The van der Waals surface area contributed by atoms with Crippen LogP contribution >= 0.6 is 12.2 Å². The third-order valence-electron chi connectivity index (χ3n) is 1.71. The molecule has 0 aromatic heterocycles. The Hall–Kier alpha value is -1.49. The van der Waals surface area contributed by atoms with Crippen LogP contribution in [-0.4, -0.2) is 10.8 Å². The summed E-state index contributed by atoms with van der Waals surface area (Å²) in [5.41, 5.74) is 9.34. The van der Waals surface area contributed by atoms with Crippen molar-refractivity contribution in [3.63, 3.8) is 0 Å². The maximum Gasteiger partial charge on any atom is 0.184 e. The Bertz CT molecular complexity index is 390. The molecule has 0 bridgehead atoms. The molecule has 0 spiro atoms. The molecule has 0 aliphatic carbocycles. The molecule has 0 unspecified atom stereocenters. The van der Waals surface area contributed by atoms with Crippen LogP contribution in [0.3, 0.4) is 0 Å². The molecule has 0 saturated heterocycles. The monoisotopic (exact) mass is 225 g/mol. The number of halogens is 1. The summed E-state index contributed by atoms with van der Waals surface area (Å²) < 4.78 is 12.8. The summed E-state index contributed by atoms with van der Waals surface area (Å²) in [6.45, 7) is 1.82. The second-order valence-corrected chi connectivity index (χ2v) is 3.57. The van der Waals surface area contributed by atoms with Gasteiger partial charge in [-0.3, -0.25) is 5.43 Å². The van der Waals surface area contributed by atoms with Gasteiger partial charge in [-0.15, -0.1) is 0 Å². The van der Waals surface area contributed by atoms with E-state index < -0.39 is 0 Å². The molecule has 0 atom stereocenters. The van der Waals surface area contributed by atoms with E-state index in [9.17, 15) is 4.39 Å². The van der Waals surface area contributed by atoms with Crippen LogP contribution in [0.1, 0.15) is 12.5 Å². The van der Waals surface area contributed by atoms with Crippen molar-refractivity contribution in [3.05, 3.63) is 35.6 Å². The number of hydrogen-bond donors (Lipinski definition) is 2. The number of hydrazone groups is 1. The summed E-state index contributed by atoms with van der Waals surface area (Å²) >= 11 is 4.60. The van der Waals surface area contributed by atoms with E-state index in [-0.39, 0.29) is 10.9 Å². The summed E-state index contributed by atoms with van der Waals surface area (Å²) in [6, 6.07) is 6.38. The normalized spacial score (nSPS) is 11.2. The Morgan fingerprint density at radius 1 is 1.60 bits per heavy atom. The summed E-state index contributed by atoms with van der Waals surface area (Å²) in [5.74, 6) is -0.248. The topological polar surface area (TPSA) is 50.4 Å². The average molecular weight is 225 g/mol. The van der Waals surface area contributed by atoms with Crippen LogP contribution in [-0.2, 0) is 6.42 Å². The lowest BCUT2D eigenvalue weighted by molar-refractivity contribution is 0.626. The number of rotatable bonds is 3. The van der Waals surface area contributed by atoms with Crippen molar-refractivity contribution in [3.8, 4) is 0 Å². The van der Waals surface area contributed by atoms with Gasteiger partial charge in [0.1, 0.15) is 5.82 Å². The van der Waals surface area contributed by atoms with E-state index in [1.807, 2.05) is 13.0 Å². The van der Waals surface area contributed by atoms with Gasteiger partial charge in [0.05, 0.1) is 0 Å². The third-order valence-corrected chi connectivity index (χ3v) is 1.80. The Kier molecular flexibility index (Phi) is 4.17. The summed E-state index contributed by atoms with van der Waals surface area (Å²) in [6.07, 6.45) is 0.563. The van der Waals surface area contributed by atoms with E-state index in [1.165, 1.54) is 12.1 Å². The first-order valence-corrected chi connectivity index (χ1v) is 4.82. The van der Waals surface area contributed by atoms with E-state index >= 15 is 0 Å². The van der Waals surface area contributed by atoms with Gasteiger partial charge in [0.15, 0.2) is 5.11 Å². The molecule has 1 aromatic carbocycles. The fourth-order valence-electron chi connectivity index (χ4n) is 1.13. The molecule has 0 amide bonds. The summed E-state index contributed by atoms with van der Waals surface area (Å²) in [7, 11) is 0. The van der Waals surface area contributed by atoms with Gasteiger partial charge in [-0.2, -0.15) is 5.10 Å². The van der Waals surface area contributed by atoms with Crippen LogP contribution in [0.2, 0.25) is 0 Å². The van der Waals surface area contributed by atoms with Gasteiger partial charge in [0.2, 0.25) is 0 Å². The average Bonchev–Trinajstić information content (AvgIpc) is 2.15. The van der Waals surface area contributed by atoms with Crippen molar-refractivity contribution in [2.24, 2.45) is 10.8 Å². The zero-order valence-corrected chi connectivity index (χ0v) is 9.14. The van der Waals surface area contributed by atoms with Gasteiger partial charge in [-0.25, -0.2) is 4.39 Å². The third kappa shape index (κ3) is 4.51. The van der Waals surface area contributed by atoms with E-state index in [1.54, 1.807) is 6.07 Å². The van der Waals surface area contributed by atoms with Crippen LogP contribution in [0.5, 0.6) is 0 Å². The number of nitrogens with one attached hydrogen (secondary N) is 1. The molecule has 0 heterocycles. The zero-order chi connectivity index (χ0) is 11.3. The van der Waals surface area contributed by atoms with Gasteiger partial charge in [0, 0.05) is 12.1 Å². The van der Waals surface area contributed by atoms with Gasteiger partial charge in [0.25, 0.3) is 0 Å². The molecule has 0 saturated carbocycles. The van der Waals surface area contributed by atoms with Gasteiger partial charge in [-0.05, 0) is 36.8 Å². The number of benzene rings is 1. The first-order chi connectivity index (χ1) is 7.08. The molecule has 80 valence electrons. The highest BCUT2D eigenvalue weighted by molar-refractivity contribution is 7.80. The van der Waals surface area contributed by atoms with Gasteiger partial charge in [-0.1, -0.05) is 12.1 Å². The highest BCUT2D eigenvalue weighted by Gasteiger charge is 1.97. The summed E-state index contributed by atoms with van der Waals surface area (Å²) in [4.78, 5) is 0. The molecule has 5 heteroatoms. The summed E-state index contributed by atoms with van der Waals surface area (Å²) in [5, 5.41) is 4.05. The van der Waals surface area contributed by atoms with Crippen LogP contribution in [0, 0.1) is 5.82 Å². The lowest BCUT2D eigenvalue weighted by Gasteiger charge is -2.02. The molecular weight excluding hydrogens is 213 g/mol. The van der Waals surface area contributed by atoms with Crippen molar-refractivity contribution >= 4 is 23.0 Å². The Balaban J connectivity index is 2.61. The molecule has 3 nitrogen and oxygen atoms in total. The van der Waals surface area contributed by atoms with Crippen LogP contribution in [0.15, 0.2) is 29.4 Å². The van der Waals surface area contributed by atoms with Gasteiger partial charge >= 0.3 is 0 Å². The minimum Gasteiger partial charge on any atom is -0.375 e. The minimum absolute atomic E-state index is 0.119. The van der Waals surface area contributed by atoms with E-state index in [0.717, 1.165) is 11.3 Å². The maximum absolute atomic E-state index is 12.8. The molecule has 1 aromatic rings. The predicted octanol–water partition coefficient (Wildman–Crippen LogP) is 1.58. The zero-order valence-electron chi connectivity index (χ0n) is 8.33. The highest BCUT2D eigenvalue weighted by Crippen LogP contribution is 2.04. The Labute approximate surface area is 93.2 Å². The Morgan fingerprint density at radius 2 is 2.33 bits per heavy atom. The van der Waals surface area contributed by atoms with Crippen LogP contribution in [0.4, 0.5) is 4.39 Å². The highest BCUT2D eigenvalue weighted by atomic mass is 32.1. The van der Waals surface area contributed by atoms with E-state index in [4.69, 9.17) is 5.73 Å². The molecule has 0 aliphatic rings. The molecule has 0 aliphatic heterocycles. The van der Waals surface area contributed by atoms with Crippen molar-refractivity contribution < 1.29 is 4.39 Å². The van der Waals surface area contributed by atoms with Crippen molar-refractivity contribution in [1.29, 1.82) is 0 Å². The van der Waals surface area contributed by atoms with Crippen LogP contribution in [0.25, 0.3) is 0 Å². The number of nitrogens with two attached hydrogens (primary N) is 1. The van der Waals surface area contributed by atoms with Crippen molar-refractivity contribution in [2.75, 3.05) is 0 Å². The fourth-order valence-corrected chi connectivity index (χ4v) is 1.18. The van der Waals surface area contributed by atoms with E-state index in [2.05, 4.69) is 22.7 Å². The molecule has 15 heavy (non-hydrogen) atoms. The first kappa shape index (κ1) is 11.6. The SMILES string of the molecule is C/C(Cc1cccc(F)c1)=N/NC(N)=S. The smallest absolute Gasteiger partial charge is 0.184 e. The van der Waals surface area contributed by atoms with Crippen molar-refractivity contribution in [2.45, 2.75) is 13.3 Å². The van der Waals surface area contributed by atoms with E-state index in [0.29, 0.717) is 6.42 Å². The number of nitrogens with zero attached hydrogens (tertiary/aromatic N) is 1. The Morgan fingerprint density at radius 3 is 2.93 bits per heavy atom. The molecule has 3 N–H and O–H groups in total. The number of hydrogen-bond acceptors (Lipinski definition) is 2. The van der Waals surface area contributed by atoms with Crippen LogP contribution < -0.4 is 11.2 Å². The predicted molar refractivity (Wildman–Crippen MR) is 63.1 cm³/mol. The van der Waals surface area contributed by atoms with Crippen molar-refractivity contribution in [1.82, 2.24) is 5.43 Å². The second-order valence-electron chi connectivity index (χ2n) is 3.13. The molecule has 1 rings (SSSR count). The maximum atomic E-state index is 12.8. The second kappa shape index (κ2) is 5.41. The largest absolute Gasteiger partial charge is 0.375 e. The molecule has 0 fully saturated rings.